The highest BCUT2D eigenvalue weighted by Crippen LogP contribution is 2.20. The van der Waals surface area contributed by atoms with Crippen molar-refractivity contribution in [2.45, 2.75) is 39.2 Å². The molecule has 0 heterocycles. The summed E-state index contributed by atoms with van der Waals surface area (Å²) in [5.41, 5.74) is 5.97. The summed E-state index contributed by atoms with van der Waals surface area (Å²) in [5, 5.41) is 2.97. The van der Waals surface area contributed by atoms with E-state index in [1.165, 1.54) is 12.1 Å². The van der Waals surface area contributed by atoms with Gasteiger partial charge in [-0.1, -0.05) is 26.0 Å². The Labute approximate surface area is 126 Å². The molecule has 3 N–H and O–H groups in total. The van der Waals surface area contributed by atoms with Crippen molar-refractivity contribution in [1.82, 2.24) is 5.32 Å². The largest absolute Gasteiger partial charge is 0.349 e. The quantitative estimate of drug-likeness (QED) is 0.879. The lowest BCUT2D eigenvalue weighted by atomic mass is 9.87. The van der Waals surface area contributed by atoms with E-state index in [0.717, 1.165) is 0 Å². The van der Waals surface area contributed by atoms with Crippen LogP contribution in [-0.4, -0.2) is 18.0 Å². The average molecular weight is 303 g/mol. The average Bonchev–Trinajstić information content (AvgIpc) is 2.37. The lowest BCUT2D eigenvalue weighted by Crippen LogP contribution is -2.55. The third kappa shape index (κ3) is 4.46. The summed E-state index contributed by atoms with van der Waals surface area (Å²) in [6.45, 7) is 8.08. The van der Waals surface area contributed by atoms with Gasteiger partial charge in [-0.05, 0) is 37.5 Å². The Morgan fingerprint density at radius 3 is 2.45 bits per heavy atom. The molecule has 2 atom stereocenters. The van der Waals surface area contributed by atoms with Crippen molar-refractivity contribution >= 4 is 18.3 Å². The minimum absolute atomic E-state index is 0. The lowest BCUT2D eigenvalue weighted by Gasteiger charge is -2.34. The molecule has 0 saturated heterocycles. The van der Waals surface area contributed by atoms with Crippen molar-refractivity contribution < 1.29 is 9.18 Å². The van der Waals surface area contributed by atoms with Crippen molar-refractivity contribution in [3.63, 3.8) is 0 Å². The van der Waals surface area contributed by atoms with Gasteiger partial charge in [0.05, 0.1) is 11.5 Å². The van der Waals surface area contributed by atoms with Crippen LogP contribution < -0.4 is 11.1 Å². The molecule has 0 spiro atoms. The summed E-state index contributed by atoms with van der Waals surface area (Å²) >= 11 is 0. The standard InChI is InChI=1S/C15H23FN2O.ClH/c1-10(2)15(4,9-17)18-14(19)11(3)12-6-5-7-13(16)8-12;/h5-8,10-11H,9,17H2,1-4H3,(H,18,19);1H. The molecule has 0 aliphatic rings. The number of nitrogens with one attached hydrogen (secondary N) is 1. The van der Waals surface area contributed by atoms with Crippen LogP contribution in [0.15, 0.2) is 24.3 Å². The number of hydrogen-bond acceptors (Lipinski definition) is 2. The van der Waals surface area contributed by atoms with Gasteiger partial charge >= 0.3 is 0 Å². The highest BCUT2D eigenvalue weighted by Gasteiger charge is 2.30. The Morgan fingerprint density at radius 2 is 2.00 bits per heavy atom. The van der Waals surface area contributed by atoms with Crippen LogP contribution in [0.2, 0.25) is 0 Å². The molecular weight excluding hydrogens is 279 g/mol. The van der Waals surface area contributed by atoms with Gasteiger partial charge in [0, 0.05) is 6.54 Å². The summed E-state index contributed by atoms with van der Waals surface area (Å²) in [6.07, 6.45) is 0. The van der Waals surface area contributed by atoms with Gasteiger partial charge in [-0.3, -0.25) is 4.79 Å². The highest BCUT2D eigenvalue weighted by atomic mass is 35.5. The van der Waals surface area contributed by atoms with Gasteiger partial charge in [-0.15, -0.1) is 12.4 Å². The number of nitrogens with two attached hydrogens (primary N) is 1. The van der Waals surface area contributed by atoms with Crippen LogP contribution in [-0.2, 0) is 4.79 Å². The summed E-state index contributed by atoms with van der Waals surface area (Å²) in [4.78, 5) is 12.2. The lowest BCUT2D eigenvalue weighted by molar-refractivity contribution is -0.124. The van der Waals surface area contributed by atoms with Gasteiger partial charge in [0.2, 0.25) is 5.91 Å². The second-order valence-electron chi connectivity index (χ2n) is 5.54. The normalized spacial score (nSPS) is 15.2. The van der Waals surface area contributed by atoms with Crippen LogP contribution in [0, 0.1) is 11.7 Å². The van der Waals surface area contributed by atoms with E-state index in [0.29, 0.717) is 12.1 Å². The first-order valence-corrected chi connectivity index (χ1v) is 6.57. The number of amides is 1. The Kier molecular flexibility index (Phi) is 7.17. The molecule has 1 aromatic carbocycles. The maximum absolute atomic E-state index is 13.2. The van der Waals surface area contributed by atoms with Crippen LogP contribution in [0.25, 0.3) is 0 Å². The topological polar surface area (TPSA) is 55.1 Å². The molecule has 1 amide bonds. The molecule has 0 fully saturated rings. The van der Waals surface area contributed by atoms with Crippen LogP contribution in [0.3, 0.4) is 0 Å². The molecular formula is C15H24ClFN2O. The maximum Gasteiger partial charge on any atom is 0.227 e. The van der Waals surface area contributed by atoms with Crippen molar-refractivity contribution in [2.75, 3.05) is 6.54 Å². The molecule has 0 saturated carbocycles. The molecule has 20 heavy (non-hydrogen) atoms. The van der Waals surface area contributed by atoms with E-state index >= 15 is 0 Å². The fourth-order valence-corrected chi connectivity index (χ4v) is 1.75. The molecule has 0 aliphatic carbocycles. The molecule has 114 valence electrons. The number of halogens is 2. The second kappa shape index (κ2) is 7.60. The predicted molar refractivity (Wildman–Crippen MR) is 82.5 cm³/mol. The highest BCUT2D eigenvalue weighted by molar-refractivity contribution is 5.85. The van der Waals surface area contributed by atoms with E-state index in [1.54, 1.807) is 19.1 Å². The zero-order valence-electron chi connectivity index (χ0n) is 12.4. The minimum atomic E-state index is -0.446. The third-order valence-corrected chi connectivity index (χ3v) is 3.85. The Balaban J connectivity index is 0.00000361. The fraction of sp³-hybridized carbons (Fsp3) is 0.533. The number of rotatable bonds is 5. The van der Waals surface area contributed by atoms with E-state index in [-0.39, 0.29) is 30.0 Å². The van der Waals surface area contributed by atoms with E-state index in [9.17, 15) is 9.18 Å². The third-order valence-electron chi connectivity index (χ3n) is 3.85. The van der Waals surface area contributed by atoms with E-state index in [4.69, 9.17) is 5.73 Å². The zero-order valence-corrected chi connectivity index (χ0v) is 13.3. The van der Waals surface area contributed by atoms with Crippen molar-refractivity contribution in [1.29, 1.82) is 0 Å². The number of carbonyl (C=O) groups is 1. The molecule has 1 rings (SSSR count). The molecule has 0 bridgehead atoms. The van der Waals surface area contributed by atoms with Gasteiger partial charge in [-0.2, -0.15) is 0 Å². The van der Waals surface area contributed by atoms with Crippen LogP contribution in [0.4, 0.5) is 4.39 Å². The first kappa shape index (κ1) is 18.9. The molecule has 0 aromatic heterocycles. The van der Waals surface area contributed by atoms with Gasteiger partial charge in [-0.25, -0.2) is 4.39 Å². The Bertz CT molecular complexity index is 453. The zero-order chi connectivity index (χ0) is 14.6. The maximum atomic E-state index is 13.2. The van der Waals surface area contributed by atoms with Crippen LogP contribution >= 0.6 is 12.4 Å². The van der Waals surface area contributed by atoms with E-state index in [2.05, 4.69) is 5.32 Å². The minimum Gasteiger partial charge on any atom is -0.349 e. The van der Waals surface area contributed by atoms with Gasteiger partial charge in [0.25, 0.3) is 0 Å². The van der Waals surface area contributed by atoms with Crippen molar-refractivity contribution in [2.24, 2.45) is 11.7 Å². The van der Waals surface area contributed by atoms with Crippen molar-refractivity contribution in [3.05, 3.63) is 35.6 Å². The first-order chi connectivity index (χ1) is 8.80. The molecule has 3 nitrogen and oxygen atoms in total. The molecule has 1 aromatic rings. The fourth-order valence-electron chi connectivity index (χ4n) is 1.75. The van der Waals surface area contributed by atoms with Gasteiger partial charge in [0.15, 0.2) is 0 Å². The van der Waals surface area contributed by atoms with E-state index < -0.39 is 11.5 Å². The molecule has 0 aliphatic heterocycles. The summed E-state index contributed by atoms with van der Waals surface area (Å²) in [6, 6.07) is 6.12. The second-order valence-corrected chi connectivity index (χ2v) is 5.54. The van der Waals surface area contributed by atoms with Gasteiger partial charge in [0.1, 0.15) is 5.82 Å². The molecule has 0 radical (unpaired) electrons. The van der Waals surface area contributed by atoms with Crippen molar-refractivity contribution in [3.8, 4) is 0 Å². The Hall–Kier alpha value is -1.13. The SMILES string of the molecule is CC(C(=O)NC(C)(CN)C(C)C)c1cccc(F)c1.Cl. The summed E-state index contributed by atoms with van der Waals surface area (Å²) in [5.74, 6) is -0.642. The van der Waals surface area contributed by atoms with Crippen LogP contribution in [0.1, 0.15) is 39.2 Å². The van der Waals surface area contributed by atoms with E-state index in [1.807, 2.05) is 20.8 Å². The monoisotopic (exact) mass is 302 g/mol. The molecule has 2 unspecified atom stereocenters. The molecule has 5 heteroatoms. The predicted octanol–water partition coefficient (Wildman–Crippen LogP) is 2.84. The van der Waals surface area contributed by atoms with Gasteiger partial charge < -0.3 is 11.1 Å². The number of carbonyl (C=O) groups excluding carboxylic acids is 1. The summed E-state index contributed by atoms with van der Waals surface area (Å²) < 4.78 is 13.2. The number of hydrogen-bond donors (Lipinski definition) is 2. The Morgan fingerprint density at radius 1 is 1.40 bits per heavy atom. The van der Waals surface area contributed by atoms with Crippen LogP contribution in [0.5, 0.6) is 0 Å². The summed E-state index contributed by atoms with van der Waals surface area (Å²) in [7, 11) is 0. The smallest absolute Gasteiger partial charge is 0.227 e. The first-order valence-electron chi connectivity index (χ1n) is 6.57. The number of benzene rings is 1.